The van der Waals surface area contributed by atoms with E-state index in [4.69, 9.17) is 4.74 Å². The standard InChI is InChI=1S/C21H19F4NO2/c1-4-28-19(27)14-9-13-16(10-17(14)22)20(2,3)11-26-18(13)12-7-5-6-8-15(12)21(23,24)25/h5-10H,4,11H2,1-3H3. The summed E-state index contributed by atoms with van der Waals surface area (Å²) in [5, 5.41) is 0. The Kier molecular flexibility index (Phi) is 5.04. The molecule has 28 heavy (non-hydrogen) atoms. The van der Waals surface area contributed by atoms with Crippen LogP contribution in [-0.4, -0.2) is 24.8 Å². The van der Waals surface area contributed by atoms with Gasteiger partial charge >= 0.3 is 12.1 Å². The van der Waals surface area contributed by atoms with Crippen LogP contribution in [0.5, 0.6) is 0 Å². The molecule has 0 N–H and O–H groups in total. The van der Waals surface area contributed by atoms with Crippen LogP contribution in [0.3, 0.4) is 0 Å². The summed E-state index contributed by atoms with van der Waals surface area (Å²) in [5.74, 6) is -1.63. The molecule has 0 saturated heterocycles. The SMILES string of the molecule is CCOC(=O)c1cc2c(cc1F)C(C)(C)CN=C2c1ccccc1C(F)(F)F. The molecule has 3 nitrogen and oxygen atoms in total. The fourth-order valence-electron chi connectivity index (χ4n) is 3.31. The number of fused-ring (bicyclic) bond motifs is 1. The summed E-state index contributed by atoms with van der Waals surface area (Å²) in [6.45, 7) is 5.48. The monoisotopic (exact) mass is 393 g/mol. The Labute approximate surface area is 160 Å². The zero-order chi connectivity index (χ0) is 20.7. The van der Waals surface area contributed by atoms with Gasteiger partial charge in [0, 0.05) is 23.1 Å². The van der Waals surface area contributed by atoms with Gasteiger partial charge in [0.1, 0.15) is 5.82 Å². The fraction of sp³-hybridized carbons (Fsp3) is 0.333. The van der Waals surface area contributed by atoms with Crippen molar-refractivity contribution in [2.75, 3.05) is 13.2 Å². The number of aliphatic imine (C=N–C) groups is 1. The van der Waals surface area contributed by atoms with Gasteiger partial charge in [-0.15, -0.1) is 0 Å². The third-order valence-corrected chi connectivity index (χ3v) is 4.71. The van der Waals surface area contributed by atoms with Crippen LogP contribution < -0.4 is 0 Å². The molecule has 0 unspecified atom stereocenters. The molecule has 0 aliphatic carbocycles. The van der Waals surface area contributed by atoms with E-state index >= 15 is 0 Å². The van der Waals surface area contributed by atoms with E-state index in [1.165, 1.54) is 30.3 Å². The first-order valence-electron chi connectivity index (χ1n) is 8.79. The molecule has 2 aromatic rings. The molecule has 0 fully saturated rings. The molecule has 0 bridgehead atoms. The lowest BCUT2D eigenvalue weighted by Gasteiger charge is -2.32. The average molecular weight is 393 g/mol. The second kappa shape index (κ2) is 7.04. The highest BCUT2D eigenvalue weighted by molar-refractivity contribution is 6.16. The average Bonchev–Trinajstić information content (AvgIpc) is 2.61. The number of benzene rings is 2. The molecular weight excluding hydrogens is 374 g/mol. The predicted octanol–water partition coefficient (Wildman–Crippen LogP) is 5.15. The molecule has 148 valence electrons. The zero-order valence-corrected chi connectivity index (χ0v) is 15.7. The van der Waals surface area contributed by atoms with Gasteiger partial charge in [-0.2, -0.15) is 13.2 Å². The normalized spacial score (nSPS) is 15.6. The first kappa shape index (κ1) is 20.0. The highest BCUT2D eigenvalue weighted by Crippen LogP contribution is 2.38. The van der Waals surface area contributed by atoms with Crippen LogP contribution in [0.2, 0.25) is 0 Å². The van der Waals surface area contributed by atoms with Crippen molar-refractivity contribution in [1.29, 1.82) is 0 Å². The summed E-state index contributed by atoms with van der Waals surface area (Å²) in [5.41, 5.74) is -0.963. The van der Waals surface area contributed by atoms with Crippen molar-refractivity contribution in [2.24, 2.45) is 4.99 Å². The topological polar surface area (TPSA) is 38.7 Å². The van der Waals surface area contributed by atoms with Crippen LogP contribution in [0, 0.1) is 5.82 Å². The Morgan fingerprint density at radius 3 is 2.50 bits per heavy atom. The van der Waals surface area contributed by atoms with E-state index in [1.54, 1.807) is 6.92 Å². The van der Waals surface area contributed by atoms with Gasteiger partial charge in [0.05, 0.1) is 23.4 Å². The number of rotatable bonds is 3. The van der Waals surface area contributed by atoms with Crippen molar-refractivity contribution in [2.45, 2.75) is 32.4 Å². The summed E-state index contributed by atoms with van der Waals surface area (Å²) in [4.78, 5) is 16.5. The van der Waals surface area contributed by atoms with E-state index in [0.29, 0.717) is 11.1 Å². The van der Waals surface area contributed by atoms with Crippen molar-refractivity contribution in [3.8, 4) is 0 Å². The van der Waals surface area contributed by atoms with Crippen molar-refractivity contribution in [3.05, 3.63) is 70.0 Å². The van der Waals surface area contributed by atoms with Crippen LogP contribution in [0.25, 0.3) is 0 Å². The van der Waals surface area contributed by atoms with E-state index in [1.807, 2.05) is 13.8 Å². The van der Waals surface area contributed by atoms with Crippen LogP contribution in [0.1, 0.15) is 53.4 Å². The Hall–Kier alpha value is -2.70. The van der Waals surface area contributed by atoms with Gasteiger partial charge in [0.15, 0.2) is 0 Å². The van der Waals surface area contributed by atoms with Crippen LogP contribution >= 0.6 is 0 Å². The van der Waals surface area contributed by atoms with Crippen LogP contribution in [0.15, 0.2) is 41.4 Å². The smallest absolute Gasteiger partial charge is 0.417 e. The molecule has 2 aromatic carbocycles. The Bertz CT molecular complexity index is 961. The van der Waals surface area contributed by atoms with Gasteiger partial charge in [-0.1, -0.05) is 32.0 Å². The third kappa shape index (κ3) is 3.53. The van der Waals surface area contributed by atoms with Crippen molar-refractivity contribution >= 4 is 11.7 Å². The Morgan fingerprint density at radius 1 is 1.18 bits per heavy atom. The number of halogens is 4. The first-order chi connectivity index (χ1) is 13.1. The minimum atomic E-state index is -4.57. The van der Waals surface area contributed by atoms with Gasteiger partial charge in [0.25, 0.3) is 0 Å². The quantitative estimate of drug-likeness (QED) is 0.534. The van der Waals surface area contributed by atoms with Crippen LogP contribution in [0.4, 0.5) is 17.6 Å². The van der Waals surface area contributed by atoms with Gasteiger partial charge in [-0.05, 0) is 30.7 Å². The maximum absolute atomic E-state index is 14.6. The van der Waals surface area contributed by atoms with E-state index in [2.05, 4.69) is 4.99 Å². The summed E-state index contributed by atoms with van der Waals surface area (Å²) in [6.07, 6.45) is -4.57. The molecule has 3 rings (SSSR count). The summed E-state index contributed by atoms with van der Waals surface area (Å²) in [7, 11) is 0. The van der Waals surface area contributed by atoms with E-state index < -0.39 is 28.9 Å². The fourth-order valence-corrected chi connectivity index (χ4v) is 3.31. The molecule has 0 radical (unpaired) electrons. The van der Waals surface area contributed by atoms with Crippen LogP contribution in [-0.2, 0) is 16.3 Å². The lowest BCUT2D eigenvalue weighted by molar-refractivity contribution is -0.137. The summed E-state index contributed by atoms with van der Waals surface area (Å²) < 4.78 is 60.0. The molecule has 0 atom stereocenters. The van der Waals surface area contributed by atoms with E-state index in [-0.39, 0.29) is 30.0 Å². The summed E-state index contributed by atoms with van der Waals surface area (Å²) >= 11 is 0. The maximum Gasteiger partial charge on any atom is 0.417 e. The molecule has 0 amide bonds. The molecule has 7 heteroatoms. The lowest BCUT2D eigenvalue weighted by Crippen LogP contribution is -2.31. The third-order valence-electron chi connectivity index (χ3n) is 4.71. The maximum atomic E-state index is 14.6. The molecule has 0 saturated carbocycles. The van der Waals surface area contributed by atoms with Gasteiger partial charge in [-0.3, -0.25) is 4.99 Å². The highest BCUT2D eigenvalue weighted by Gasteiger charge is 2.38. The Balaban J connectivity index is 2.25. The van der Waals surface area contributed by atoms with Crippen molar-refractivity contribution < 1.29 is 27.1 Å². The van der Waals surface area contributed by atoms with Crippen molar-refractivity contribution in [1.82, 2.24) is 0 Å². The number of nitrogens with zero attached hydrogens (tertiary/aromatic N) is 1. The lowest BCUT2D eigenvalue weighted by atomic mass is 9.76. The van der Waals surface area contributed by atoms with Gasteiger partial charge in [-0.25, -0.2) is 9.18 Å². The number of ether oxygens (including phenoxy) is 1. The molecule has 0 aromatic heterocycles. The molecular formula is C21H19F4NO2. The molecule has 1 aliphatic heterocycles. The molecule has 0 spiro atoms. The number of carbonyl (C=O) groups is 1. The number of esters is 1. The van der Waals surface area contributed by atoms with Crippen molar-refractivity contribution in [3.63, 3.8) is 0 Å². The minimum absolute atomic E-state index is 0.0543. The first-order valence-corrected chi connectivity index (χ1v) is 8.79. The number of carbonyl (C=O) groups excluding carboxylic acids is 1. The number of hydrogen-bond donors (Lipinski definition) is 0. The molecule has 1 aliphatic rings. The number of hydrogen-bond acceptors (Lipinski definition) is 3. The van der Waals surface area contributed by atoms with Gasteiger partial charge < -0.3 is 4.74 Å². The van der Waals surface area contributed by atoms with E-state index in [9.17, 15) is 22.4 Å². The second-order valence-corrected chi connectivity index (χ2v) is 7.19. The predicted molar refractivity (Wildman–Crippen MR) is 97.3 cm³/mol. The summed E-state index contributed by atoms with van der Waals surface area (Å²) in [6, 6.07) is 7.55. The zero-order valence-electron chi connectivity index (χ0n) is 15.7. The highest BCUT2D eigenvalue weighted by atomic mass is 19.4. The second-order valence-electron chi connectivity index (χ2n) is 7.19. The largest absolute Gasteiger partial charge is 0.462 e. The van der Waals surface area contributed by atoms with Gasteiger partial charge in [0.2, 0.25) is 0 Å². The minimum Gasteiger partial charge on any atom is -0.462 e. The molecule has 1 heterocycles. The number of alkyl halides is 3. The van der Waals surface area contributed by atoms with E-state index in [0.717, 1.165) is 6.07 Å². The Morgan fingerprint density at radius 2 is 1.86 bits per heavy atom.